The Morgan fingerprint density at radius 3 is 1.06 bits per heavy atom. The summed E-state index contributed by atoms with van der Waals surface area (Å²) < 4.78 is 0. The molecule has 32 heavy (non-hydrogen) atoms. The van der Waals surface area contributed by atoms with Crippen LogP contribution in [0.1, 0.15) is 167 Å². The van der Waals surface area contributed by atoms with Crippen molar-refractivity contribution in [2.45, 2.75) is 167 Å². The molecule has 0 heterocycles. The highest BCUT2D eigenvalue weighted by Gasteiger charge is 1.97. The molecule has 0 fully saturated rings. The number of hydrogen-bond donors (Lipinski definition) is 1. The molecule has 0 bridgehead atoms. The molecule has 0 saturated heterocycles. The molecule has 0 saturated carbocycles. The maximum Gasteiger partial charge on any atom is 0.217 e. The molecule has 0 aliphatic carbocycles. The smallest absolute Gasteiger partial charge is 0.217 e. The zero-order valence-corrected chi connectivity index (χ0v) is 22.8. The number of rotatable bonds is 28. The summed E-state index contributed by atoms with van der Waals surface area (Å²) in [6.45, 7) is 2.30. The number of nitrogens with two attached hydrogens (primary N) is 1. The van der Waals surface area contributed by atoms with Crippen LogP contribution in [0, 0.1) is 0 Å². The number of carbonyl (C=O) groups is 1. The Labute approximate surface area is 207 Å². The van der Waals surface area contributed by atoms with E-state index in [1.165, 1.54) is 153 Å². The van der Waals surface area contributed by atoms with Gasteiger partial charge < -0.3 is 5.73 Å². The summed E-state index contributed by atoms with van der Waals surface area (Å²) in [4.78, 5) is 10.7. The van der Waals surface area contributed by atoms with E-state index in [-0.39, 0.29) is 5.91 Å². The number of unbranched alkanes of at least 4 members (excludes halogenated alkanes) is 22. The fraction of sp³-hybridized carbons (Fsp3) is 0.966. The number of primary amides is 1. The highest BCUT2D eigenvalue weighted by molar-refractivity contribution is 7.99. The standard InChI is InChI=1S/C29H59NOS/c1-2-3-4-5-6-7-8-9-10-11-12-13-15-18-21-24-27-32-28-25-22-19-16-14-17-20-23-26-29(30)31/h2-28H2,1H3,(H2,30,31). The number of thioether (sulfide) groups is 1. The molecule has 0 rings (SSSR count). The van der Waals surface area contributed by atoms with Gasteiger partial charge in [0.15, 0.2) is 0 Å². The zero-order chi connectivity index (χ0) is 23.4. The van der Waals surface area contributed by atoms with Crippen LogP contribution in [-0.2, 0) is 4.79 Å². The molecule has 0 radical (unpaired) electrons. The molecule has 0 aromatic carbocycles. The maximum absolute atomic E-state index is 10.7. The second-order valence-electron chi connectivity index (χ2n) is 9.96. The van der Waals surface area contributed by atoms with E-state index in [1.54, 1.807) is 0 Å². The number of amides is 1. The van der Waals surface area contributed by atoms with E-state index in [0.717, 1.165) is 12.8 Å². The minimum absolute atomic E-state index is 0.151. The minimum Gasteiger partial charge on any atom is -0.370 e. The fourth-order valence-corrected chi connectivity index (χ4v) is 5.44. The van der Waals surface area contributed by atoms with Crippen molar-refractivity contribution in [3.8, 4) is 0 Å². The van der Waals surface area contributed by atoms with Crippen molar-refractivity contribution in [1.82, 2.24) is 0 Å². The van der Waals surface area contributed by atoms with Gasteiger partial charge in [-0.3, -0.25) is 4.79 Å². The van der Waals surface area contributed by atoms with Gasteiger partial charge in [0.25, 0.3) is 0 Å². The lowest BCUT2D eigenvalue weighted by molar-refractivity contribution is -0.118. The highest BCUT2D eigenvalue weighted by atomic mass is 32.2. The Morgan fingerprint density at radius 1 is 0.469 bits per heavy atom. The van der Waals surface area contributed by atoms with Crippen LogP contribution in [0.3, 0.4) is 0 Å². The van der Waals surface area contributed by atoms with Gasteiger partial charge in [0, 0.05) is 6.42 Å². The van der Waals surface area contributed by atoms with Crippen molar-refractivity contribution >= 4 is 17.7 Å². The van der Waals surface area contributed by atoms with Gasteiger partial charge in [0.2, 0.25) is 5.91 Å². The van der Waals surface area contributed by atoms with E-state index in [4.69, 9.17) is 5.73 Å². The van der Waals surface area contributed by atoms with Gasteiger partial charge in [0.05, 0.1) is 0 Å². The zero-order valence-electron chi connectivity index (χ0n) is 22.0. The van der Waals surface area contributed by atoms with E-state index in [0.29, 0.717) is 6.42 Å². The third-order valence-corrected chi connectivity index (χ3v) is 7.76. The molecule has 0 aliphatic heterocycles. The quantitative estimate of drug-likeness (QED) is 0.116. The normalized spacial score (nSPS) is 11.3. The third-order valence-electron chi connectivity index (χ3n) is 6.60. The minimum atomic E-state index is -0.151. The average Bonchev–Trinajstić information content (AvgIpc) is 2.78. The Balaban J connectivity index is 3.00. The second kappa shape index (κ2) is 28.9. The van der Waals surface area contributed by atoms with Crippen LogP contribution in [0.2, 0.25) is 0 Å². The first-order valence-corrected chi connectivity index (χ1v) is 15.8. The van der Waals surface area contributed by atoms with Crippen LogP contribution in [0.15, 0.2) is 0 Å². The first-order valence-electron chi connectivity index (χ1n) is 14.6. The van der Waals surface area contributed by atoms with Crippen molar-refractivity contribution in [2.24, 2.45) is 5.73 Å². The van der Waals surface area contributed by atoms with Crippen molar-refractivity contribution in [2.75, 3.05) is 11.5 Å². The molecule has 0 spiro atoms. The average molecular weight is 470 g/mol. The predicted molar refractivity (Wildman–Crippen MR) is 148 cm³/mol. The van der Waals surface area contributed by atoms with Crippen LogP contribution < -0.4 is 5.73 Å². The van der Waals surface area contributed by atoms with Crippen molar-refractivity contribution in [3.05, 3.63) is 0 Å². The van der Waals surface area contributed by atoms with Gasteiger partial charge in [-0.15, -0.1) is 0 Å². The number of hydrogen-bond acceptors (Lipinski definition) is 2. The van der Waals surface area contributed by atoms with Gasteiger partial charge in [-0.05, 0) is 30.8 Å². The Bertz CT molecular complexity index is 361. The van der Waals surface area contributed by atoms with Crippen molar-refractivity contribution < 1.29 is 4.79 Å². The van der Waals surface area contributed by atoms with E-state index >= 15 is 0 Å². The Morgan fingerprint density at radius 2 is 0.750 bits per heavy atom. The van der Waals surface area contributed by atoms with Crippen LogP contribution in [0.25, 0.3) is 0 Å². The molecule has 0 aliphatic rings. The Kier molecular flexibility index (Phi) is 28.7. The van der Waals surface area contributed by atoms with E-state index in [2.05, 4.69) is 18.7 Å². The van der Waals surface area contributed by atoms with Gasteiger partial charge >= 0.3 is 0 Å². The lowest BCUT2D eigenvalue weighted by atomic mass is 10.0. The first kappa shape index (κ1) is 31.8. The monoisotopic (exact) mass is 469 g/mol. The molecule has 2 N–H and O–H groups in total. The summed E-state index contributed by atoms with van der Waals surface area (Å²) in [5, 5.41) is 0. The lowest BCUT2D eigenvalue weighted by Gasteiger charge is -2.04. The SMILES string of the molecule is CCCCCCCCCCCCCCCCCCSCCCCCCCCCCC(N)=O. The van der Waals surface area contributed by atoms with Crippen LogP contribution in [0.5, 0.6) is 0 Å². The maximum atomic E-state index is 10.7. The van der Waals surface area contributed by atoms with Crippen LogP contribution >= 0.6 is 11.8 Å². The van der Waals surface area contributed by atoms with Crippen molar-refractivity contribution in [3.63, 3.8) is 0 Å². The summed E-state index contributed by atoms with van der Waals surface area (Å²) in [5.74, 6) is 2.58. The molecule has 0 unspecified atom stereocenters. The fourth-order valence-electron chi connectivity index (χ4n) is 4.42. The molecular weight excluding hydrogens is 410 g/mol. The lowest BCUT2D eigenvalue weighted by Crippen LogP contribution is -2.09. The van der Waals surface area contributed by atoms with Gasteiger partial charge in [-0.1, -0.05) is 142 Å². The molecule has 3 heteroatoms. The number of carbonyl (C=O) groups excluding carboxylic acids is 1. The summed E-state index contributed by atoms with van der Waals surface area (Å²) in [6.07, 6.45) is 34.1. The Hall–Kier alpha value is -0.180. The van der Waals surface area contributed by atoms with Gasteiger partial charge in [-0.25, -0.2) is 0 Å². The van der Waals surface area contributed by atoms with Gasteiger partial charge in [0.1, 0.15) is 0 Å². The van der Waals surface area contributed by atoms with E-state index < -0.39 is 0 Å². The van der Waals surface area contributed by atoms with Crippen LogP contribution in [-0.4, -0.2) is 17.4 Å². The largest absolute Gasteiger partial charge is 0.370 e. The summed E-state index contributed by atoms with van der Waals surface area (Å²) in [5.41, 5.74) is 5.16. The van der Waals surface area contributed by atoms with E-state index in [9.17, 15) is 4.79 Å². The van der Waals surface area contributed by atoms with Crippen molar-refractivity contribution in [1.29, 1.82) is 0 Å². The van der Waals surface area contributed by atoms with E-state index in [1.807, 2.05) is 0 Å². The first-order chi connectivity index (χ1) is 15.8. The molecular formula is C29H59NOS. The molecule has 0 atom stereocenters. The topological polar surface area (TPSA) is 43.1 Å². The third kappa shape index (κ3) is 29.8. The predicted octanol–water partition coefficient (Wildman–Crippen LogP) is 9.98. The molecule has 1 amide bonds. The molecule has 0 aromatic heterocycles. The second-order valence-corrected chi connectivity index (χ2v) is 11.2. The molecule has 0 aromatic rings. The highest BCUT2D eigenvalue weighted by Crippen LogP contribution is 2.16. The van der Waals surface area contributed by atoms with Crippen LogP contribution in [0.4, 0.5) is 0 Å². The molecule has 2 nitrogen and oxygen atoms in total. The summed E-state index contributed by atoms with van der Waals surface area (Å²) >= 11 is 2.17. The molecule has 192 valence electrons. The summed E-state index contributed by atoms with van der Waals surface area (Å²) in [6, 6.07) is 0. The summed E-state index contributed by atoms with van der Waals surface area (Å²) in [7, 11) is 0. The van der Waals surface area contributed by atoms with Gasteiger partial charge in [-0.2, -0.15) is 11.8 Å².